The van der Waals surface area contributed by atoms with E-state index in [9.17, 15) is 9.59 Å². The summed E-state index contributed by atoms with van der Waals surface area (Å²) in [4.78, 5) is 31.4. The molecule has 1 aromatic carbocycles. The van der Waals surface area contributed by atoms with Crippen LogP contribution in [0.25, 0.3) is 10.9 Å². The molecule has 6 heteroatoms. The lowest BCUT2D eigenvalue weighted by molar-refractivity contribution is -0.161. The number of para-hydroxylation sites is 1. The molecule has 1 saturated heterocycles. The normalized spacial score (nSPS) is 25.3. The topological polar surface area (TPSA) is 68.4 Å². The van der Waals surface area contributed by atoms with Crippen molar-refractivity contribution in [3.05, 3.63) is 47.3 Å². The van der Waals surface area contributed by atoms with Crippen LogP contribution in [0.3, 0.4) is 0 Å². The molecule has 0 unspecified atom stereocenters. The van der Waals surface area contributed by atoms with Crippen LogP contribution >= 0.6 is 0 Å². The minimum absolute atomic E-state index is 0.000292. The fourth-order valence-electron chi connectivity index (χ4n) is 4.78. The maximum Gasteiger partial charge on any atom is 0.264 e. The number of allylic oxidation sites excluding steroid dienone is 2. The van der Waals surface area contributed by atoms with Crippen molar-refractivity contribution in [2.24, 2.45) is 0 Å². The van der Waals surface area contributed by atoms with Gasteiger partial charge in [-0.15, -0.1) is 0 Å². The first kappa shape index (κ1) is 16.4. The van der Waals surface area contributed by atoms with Crippen molar-refractivity contribution in [3.8, 4) is 0 Å². The molecule has 6 nitrogen and oxygen atoms in total. The number of carbonyl (C=O) groups is 2. The van der Waals surface area contributed by atoms with Crippen LogP contribution in [0.5, 0.6) is 0 Å². The Morgan fingerprint density at radius 1 is 1.19 bits per heavy atom. The van der Waals surface area contributed by atoms with Gasteiger partial charge in [-0.3, -0.25) is 15.0 Å². The van der Waals surface area contributed by atoms with Gasteiger partial charge in [-0.2, -0.15) is 0 Å². The van der Waals surface area contributed by atoms with E-state index >= 15 is 0 Å². The molecular formula is C21H24N4O2. The smallest absolute Gasteiger partial charge is 0.264 e. The second-order valence-corrected chi connectivity index (χ2v) is 7.77. The zero-order chi connectivity index (χ0) is 18.5. The van der Waals surface area contributed by atoms with Crippen LogP contribution in [-0.2, 0) is 16.0 Å². The van der Waals surface area contributed by atoms with E-state index in [0.29, 0.717) is 6.42 Å². The minimum Gasteiger partial charge on any atom is -0.356 e. The Labute approximate surface area is 158 Å². The predicted octanol–water partition coefficient (Wildman–Crippen LogP) is 2.79. The lowest BCUT2D eigenvalue weighted by atomic mass is 9.90. The summed E-state index contributed by atoms with van der Waals surface area (Å²) in [5.74, 6) is -0.0100. The number of aromatic amines is 1. The Bertz CT molecular complexity index is 960. The average Bonchev–Trinajstić information content (AvgIpc) is 3.06. The van der Waals surface area contributed by atoms with Crippen LogP contribution in [0.4, 0.5) is 0 Å². The highest BCUT2D eigenvalue weighted by Crippen LogP contribution is 2.38. The number of H-pyrrole nitrogens is 1. The van der Waals surface area contributed by atoms with Gasteiger partial charge in [-0.25, -0.2) is 5.01 Å². The van der Waals surface area contributed by atoms with Gasteiger partial charge in [0.05, 0.1) is 6.04 Å². The first-order valence-electron chi connectivity index (χ1n) is 9.81. The van der Waals surface area contributed by atoms with E-state index < -0.39 is 6.04 Å². The number of amides is 2. The molecule has 3 heterocycles. The van der Waals surface area contributed by atoms with E-state index in [1.165, 1.54) is 17.0 Å². The van der Waals surface area contributed by atoms with Crippen LogP contribution in [0.1, 0.15) is 49.9 Å². The molecule has 0 bridgehead atoms. The number of hydrazine groups is 1. The van der Waals surface area contributed by atoms with E-state index in [1.807, 2.05) is 25.1 Å². The third-order valence-corrected chi connectivity index (χ3v) is 6.12. The molecule has 2 aliphatic heterocycles. The molecule has 0 saturated carbocycles. The van der Waals surface area contributed by atoms with Crippen LogP contribution in [0.15, 0.2) is 36.0 Å². The maximum atomic E-state index is 13.2. The summed E-state index contributed by atoms with van der Waals surface area (Å²) in [7, 11) is 0. The Kier molecular flexibility index (Phi) is 3.74. The van der Waals surface area contributed by atoms with Crippen molar-refractivity contribution in [2.45, 2.75) is 51.1 Å². The van der Waals surface area contributed by atoms with Crippen molar-refractivity contribution in [1.29, 1.82) is 0 Å². The highest BCUT2D eigenvalue weighted by Gasteiger charge is 2.46. The van der Waals surface area contributed by atoms with Gasteiger partial charge in [0, 0.05) is 28.7 Å². The Balaban J connectivity index is 1.49. The van der Waals surface area contributed by atoms with Gasteiger partial charge in [-0.05, 0) is 44.2 Å². The fourth-order valence-corrected chi connectivity index (χ4v) is 4.78. The Morgan fingerprint density at radius 3 is 2.85 bits per heavy atom. The number of hydrogen-bond acceptors (Lipinski definition) is 3. The number of piperazine rings is 1. The van der Waals surface area contributed by atoms with Gasteiger partial charge in [0.2, 0.25) is 5.91 Å². The molecule has 2 aromatic rings. The second kappa shape index (κ2) is 6.15. The molecule has 0 radical (unpaired) electrons. The number of benzene rings is 1. The molecule has 1 aliphatic carbocycles. The van der Waals surface area contributed by atoms with Gasteiger partial charge in [0.1, 0.15) is 12.6 Å². The zero-order valence-electron chi connectivity index (χ0n) is 15.5. The first-order valence-corrected chi connectivity index (χ1v) is 9.81. The first-order chi connectivity index (χ1) is 13.1. The number of rotatable bonds is 2. The number of carbonyl (C=O) groups excluding carboxylic acids is 2. The quantitative estimate of drug-likeness (QED) is 0.861. The summed E-state index contributed by atoms with van der Waals surface area (Å²) in [6.45, 7) is 2.10. The van der Waals surface area contributed by atoms with Crippen LogP contribution < -0.4 is 5.43 Å². The Morgan fingerprint density at radius 2 is 2.04 bits per heavy atom. The highest BCUT2D eigenvalue weighted by atomic mass is 16.2. The van der Waals surface area contributed by atoms with Gasteiger partial charge in [0.15, 0.2) is 0 Å². The molecule has 2 amide bonds. The summed E-state index contributed by atoms with van der Waals surface area (Å²) >= 11 is 0. The summed E-state index contributed by atoms with van der Waals surface area (Å²) < 4.78 is 0. The van der Waals surface area contributed by atoms with Crippen LogP contribution in [0.2, 0.25) is 0 Å². The van der Waals surface area contributed by atoms with E-state index in [-0.39, 0.29) is 24.4 Å². The molecule has 27 heavy (non-hydrogen) atoms. The van der Waals surface area contributed by atoms with Crippen molar-refractivity contribution in [2.75, 3.05) is 6.54 Å². The van der Waals surface area contributed by atoms with Crippen molar-refractivity contribution in [1.82, 2.24) is 20.3 Å². The number of fused-ring (bicyclic) bond motifs is 4. The summed E-state index contributed by atoms with van der Waals surface area (Å²) in [6, 6.07) is 7.59. The van der Waals surface area contributed by atoms with E-state index in [4.69, 9.17) is 0 Å². The number of hydrogen-bond donors (Lipinski definition) is 2. The summed E-state index contributed by atoms with van der Waals surface area (Å²) in [5, 5.41) is 2.69. The van der Waals surface area contributed by atoms with Crippen molar-refractivity contribution < 1.29 is 9.59 Å². The van der Waals surface area contributed by atoms with E-state index in [1.54, 1.807) is 4.90 Å². The number of aromatic nitrogens is 1. The number of nitrogens with one attached hydrogen (secondary N) is 2. The predicted molar refractivity (Wildman–Crippen MR) is 102 cm³/mol. The van der Waals surface area contributed by atoms with Crippen molar-refractivity contribution >= 4 is 22.7 Å². The fraction of sp³-hybridized carbons (Fsp3) is 0.429. The Hall–Kier alpha value is -2.76. The molecule has 1 fully saturated rings. The molecule has 140 valence electrons. The molecule has 1 aromatic heterocycles. The SMILES string of the molecule is C[C@H]1c2[nH]c3ccccc3c2C[C@H]2C(=O)N(NC3=CCCCC3)CC(=O)N21. The van der Waals surface area contributed by atoms with Crippen LogP contribution in [0, 0.1) is 0 Å². The highest BCUT2D eigenvalue weighted by molar-refractivity contribution is 5.97. The van der Waals surface area contributed by atoms with Crippen molar-refractivity contribution in [3.63, 3.8) is 0 Å². The summed E-state index contributed by atoms with van der Waals surface area (Å²) in [6.07, 6.45) is 6.99. The summed E-state index contributed by atoms with van der Waals surface area (Å²) in [5.41, 5.74) is 7.59. The van der Waals surface area contributed by atoms with Gasteiger partial charge in [0.25, 0.3) is 5.91 Å². The van der Waals surface area contributed by atoms with Gasteiger partial charge >= 0.3 is 0 Å². The molecular weight excluding hydrogens is 340 g/mol. The minimum atomic E-state index is -0.440. The molecule has 2 atom stereocenters. The molecule has 5 rings (SSSR count). The van der Waals surface area contributed by atoms with Gasteiger partial charge in [-0.1, -0.05) is 24.3 Å². The van der Waals surface area contributed by atoms with E-state index in [2.05, 4.69) is 22.6 Å². The van der Waals surface area contributed by atoms with Crippen LogP contribution in [-0.4, -0.2) is 39.3 Å². The molecule has 0 spiro atoms. The lowest BCUT2D eigenvalue weighted by Gasteiger charge is -2.46. The zero-order valence-corrected chi connectivity index (χ0v) is 15.5. The average molecular weight is 364 g/mol. The maximum absolute atomic E-state index is 13.2. The third kappa shape index (κ3) is 2.54. The largest absolute Gasteiger partial charge is 0.356 e. The molecule has 3 aliphatic rings. The number of nitrogens with zero attached hydrogens (tertiary/aromatic N) is 2. The van der Waals surface area contributed by atoms with E-state index in [0.717, 1.165) is 41.6 Å². The van der Waals surface area contributed by atoms with Gasteiger partial charge < -0.3 is 9.88 Å². The standard InChI is InChI=1S/C21H24N4O2/c1-13-20-16(15-9-5-6-10-17(15)22-20)11-18-21(27)24(12-19(26)25(13)18)23-14-7-3-2-4-8-14/h5-7,9-10,13,18,22-23H,2-4,8,11-12H2,1H3/t13-,18-/m0/s1. The lowest BCUT2D eigenvalue weighted by Crippen LogP contribution is -2.65. The second-order valence-electron chi connectivity index (χ2n) is 7.77. The monoisotopic (exact) mass is 364 g/mol. The molecule has 2 N–H and O–H groups in total. The third-order valence-electron chi connectivity index (χ3n) is 6.12.